The second kappa shape index (κ2) is 6.36. The smallest absolute Gasteiger partial charge is 0.163 e. The van der Waals surface area contributed by atoms with Crippen molar-refractivity contribution in [3.63, 3.8) is 0 Å². The van der Waals surface area contributed by atoms with Gasteiger partial charge in [0.25, 0.3) is 0 Å². The molecule has 7 heteroatoms. The van der Waals surface area contributed by atoms with Crippen LogP contribution in [0.5, 0.6) is 0 Å². The summed E-state index contributed by atoms with van der Waals surface area (Å²) >= 11 is 0. The van der Waals surface area contributed by atoms with Gasteiger partial charge in [-0.1, -0.05) is 6.92 Å². The highest BCUT2D eigenvalue weighted by Crippen LogP contribution is 2.25. The molecule has 2 aromatic rings. The van der Waals surface area contributed by atoms with E-state index in [2.05, 4.69) is 32.2 Å². The van der Waals surface area contributed by atoms with Crippen molar-refractivity contribution in [1.29, 1.82) is 0 Å². The number of rotatable bonds is 5. The van der Waals surface area contributed by atoms with Gasteiger partial charge in [0.2, 0.25) is 0 Å². The minimum absolute atomic E-state index is 0.295. The van der Waals surface area contributed by atoms with Gasteiger partial charge in [-0.3, -0.25) is 4.68 Å². The molecule has 7 nitrogen and oxygen atoms in total. The van der Waals surface area contributed by atoms with Crippen molar-refractivity contribution >= 4 is 16.9 Å². The van der Waals surface area contributed by atoms with E-state index in [1.54, 1.807) is 11.0 Å². The summed E-state index contributed by atoms with van der Waals surface area (Å²) in [4.78, 5) is 11.1. The van der Waals surface area contributed by atoms with Crippen LogP contribution in [0.15, 0.2) is 12.5 Å². The zero-order chi connectivity index (χ0) is 14.7. The predicted molar refractivity (Wildman–Crippen MR) is 81.4 cm³/mol. The fourth-order valence-corrected chi connectivity index (χ4v) is 2.73. The number of hydrogen-bond acceptors (Lipinski definition) is 6. The molecule has 0 amide bonds. The van der Waals surface area contributed by atoms with Gasteiger partial charge in [-0.2, -0.15) is 5.10 Å². The van der Waals surface area contributed by atoms with Crippen LogP contribution < -0.4 is 10.2 Å². The number of nitrogens with zero attached hydrogens (tertiary/aromatic N) is 5. The van der Waals surface area contributed by atoms with Crippen LogP contribution in [0.4, 0.5) is 5.82 Å². The molecule has 3 heterocycles. The van der Waals surface area contributed by atoms with Crippen molar-refractivity contribution in [2.24, 2.45) is 7.05 Å². The third-order valence-electron chi connectivity index (χ3n) is 3.81. The molecule has 0 aromatic carbocycles. The number of morpholine rings is 1. The van der Waals surface area contributed by atoms with Crippen LogP contribution in [0.1, 0.15) is 13.3 Å². The summed E-state index contributed by atoms with van der Waals surface area (Å²) in [6, 6.07) is 0.295. The molecular formula is C14H22N6O. The number of fused-ring (bicyclic) bond motifs is 1. The zero-order valence-electron chi connectivity index (χ0n) is 12.6. The Kier molecular flexibility index (Phi) is 4.31. The van der Waals surface area contributed by atoms with E-state index in [4.69, 9.17) is 4.74 Å². The van der Waals surface area contributed by atoms with E-state index in [0.29, 0.717) is 6.04 Å². The minimum Gasteiger partial charge on any atom is -0.377 e. The molecule has 1 saturated heterocycles. The molecule has 1 fully saturated rings. The van der Waals surface area contributed by atoms with Crippen LogP contribution in [-0.2, 0) is 11.8 Å². The van der Waals surface area contributed by atoms with Gasteiger partial charge in [0.15, 0.2) is 5.65 Å². The van der Waals surface area contributed by atoms with E-state index in [1.165, 1.54) is 0 Å². The molecule has 1 unspecified atom stereocenters. The Morgan fingerprint density at radius 1 is 1.43 bits per heavy atom. The SMILES string of the molecule is CCCNCC1COCCN1c1ncnc2c1cnn2C. The average Bonchev–Trinajstić information content (AvgIpc) is 2.90. The molecule has 1 N–H and O–H groups in total. The van der Waals surface area contributed by atoms with E-state index in [1.807, 2.05) is 13.2 Å². The van der Waals surface area contributed by atoms with Gasteiger partial charge in [-0.25, -0.2) is 9.97 Å². The number of aryl methyl sites for hydroxylation is 1. The van der Waals surface area contributed by atoms with Crippen molar-refractivity contribution in [2.45, 2.75) is 19.4 Å². The van der Waals surface area contributed by atoms with E-state index in [-0.39, 0.29) is 0 Å². The average molecular weight is 290 g/mol. The van der Waals surface area contributed by atoms with Crippen LogP contribution >= 0.6 is 0 Å². The Labute approximate surface area is 124 Å². The molecule has 3 rings (SSSR count). The van der Waals surface area contributed by atoms with Crippen LogP contribution in [0, 0.1) is 0 Å². The lowest BCUT2D eigenvalue weighted by molar-refractivity contribution is 0.0935. The molecule has 0 bridgehead atoms. The van der Waals surface area contributed by atoms with Crippen molar-refractivity contribution < 1.29 is 4.74 Å². The van der Waals surface area contributed by atoms with Crippen molar-refractivity contribution in [2.75, 3.05) is 37.7 Å². The number of anilines is 1. The highest BCUT2D eigenvalue weighted by molar-refractivity contribution is 5.86. The highest BCUT2D eigenvalue weighted by atomic mass is 16.5. The highest BCUT2D eigenvalue weighted by Gasteiger charge is 2.26. The van der Waals surface area contributed by atoms with Crippen molar-refractivity contribution in [3.8, 4) is 0 Å². The van der Waals surface area contributed by atoms with Gasteiger partial charge in [0.1, 0.15) is 12.1 Å². The molecule has 2 aromatic heterocycles. The largest absolute Gasteiger partial charge is 0.377 e. The first-order chi connectivity index (χ1) is 10.3. The quantitative estimate of drug-likeness (QED) is 0.812. The van der Waals surface area contributed by atoms with Crippen LogP contribution in [0.2, 0.25) is 0 Å². The van der Waals surface area contributed by atoms with E-state index >= 15 is 0 Å². The third-order valence-corrected chi connectivity index (χ3v) is 3.81. The number of hydrogen-bond donors (Lipinski definition) is 1. The standard InChI is InChI=1S/C14H22N6O/c1-3-4-15-7-11-9-21-6-5-20(11)14-12-8-18-19(2)13(12)16-10-17-14/h8,10-11,15H,3-7,9H2,1-2H3. The fourth-order valence-electron chi connectivity index (χ4n) is 2.73. The molecule has 0 saturated carbocycles. The van der Waals surface area contributed by atoms with E-state index in [9.17, 15) is 0 Å². The van der Waals surface area contributed by atoms with Gasteiger partial charge in [-0.15, -0.1) is 0 Å². The number of ether oxygens (including phenoxy) is 1. The van der Waals surface area contributed by atoms with Crippen molar-refractivity contribution in [1.82, 2.24) is 25.1 Å². The first kappa shape index (κ1) is 14.2. The normalized spacial score (nSPS) is 19.3. The molecule has 0 radical (unpaired) electrons. The summed E-state index contributed by atoms with van der Waals surface area (Å²) in [7, 11) is 1.90. The second-order valence-electron chi connectivity index (χ2n) is 5.33. The van der Waals surface area contributed by atoms with Crippen LogP contribution in [-0.4, -0.2) is 58.6 Å². The zero-order valence-corrected chi connectivity index (χ0v) is 12.6. The topological polar surface area (TPSA) is 68.1 Å². The molecule has 1 atom stereocenters. The summed E-state index contributed by atoms with van der Waals surface area (Å²) in [6.07, 6.45) is 4.59. The first-order valence-electron chi connectivity index (χ1n) is 7.49. The predicted octanol–water partition coefficient (Wildman–Crippen LogP) is 0.568. The Morgan fingerprint density at radius 2 is 2.33 bits per heavy atom. The van der Waals surface area contributed by atoms with E-state index < -0.39 is 0 Å². The lowest BCUT2D eigenvalue weighted by Crippen LogP contribution is -2.51. The maximum Gasteiger partial charge on any atom is 0.163 e. The van der Waals surface area contributed by atoms with Crippen LogP contribution in [0.3, 0.4) is 0 Å². The number of aromatic nitrogens is 4. The van der Waals surface area contributed by atoms with E-state index in [0.717, 1.165) is 56.1 Å². The Balaban J connectivity index is 1.87. The lowest BCUT2D eigenvalue weighted by atomic mass is 10.2. The van der Waals surface area contributed by atoms with Gasteiger partial charge in [0, 0.05) is 20.1 Å². The lowest BCUT2D eigenvalue weighted by Gasteiger charge is -2.36. The molecule has 1 aliphatic rings. The molecule has 1 aliphatic heterocycles. The fraction of sp³-hybridized carbons (Fsp3) is 0.643. The maximum absolute atomic E-state index is 5.64. The van der Waals surface area contributed by atoms with Gasteiger partial charge in [0.05, 0.1) is 30.8 Å². The maximum atomic E-state index is 5.64. The van der Waals surface area contributed by atoms with Crippen LogP contribution in [0.25, 0.3) is 11.0 Å². The Hall–Kier alpha value is -1.73. The molecule has 114 valence electrons. The first-order valence-corrected chi connectivity index (χ1v) is 7.49. The summed E-state index contributed by atoms with van der Waals surface area (Å²) in [5, 5.41) is 8.77. The molecule has 0 aliphatic carbocycles. The molecule has 0 spiro atoms. The Bertz CT molecular complexity index is 598. The Morgan fingerprint density at radius 3 is 3.19 bits per heavy atom. The molecular weight excluding hydrogens is 268 g/mol. The summed E-state index contributed by atoms with van der Waals surface area (Å²) in [5.74, 6) is 0.958. The van der Waals surface area contributed by atoms with Gasteiger partial charge in [-0.05, 0) is 13.0 Å². The monoisotopic (exact) mass is 290 g/mol. The van der Waals surface area contributed by atoms with Crippen molar-refractivity contribution in [3.05, 3.63) is 12.5 Å². The van der Waals surface area contributed by atoms with Gasteiger partial charge < -0.3 is 15.0 Å². The molecule has 21 heavy (non-hydrogen) atoms. The second-order valence-corrected chi connectivity index (χ2v) is 5.33. The third kappa shape index (κ3) is 2.84. The minimum atomic E-state index is 0.295. The van der Waals surface area contributed by atoms with Gasteiger partial charge >= 0.3 is 0 Å². The number of nitrogens with one attached hydrogen (secondary N) is 1. The summed E-state index contributed by atoms with van der Waals surface area (Å²) in [5.41, 5.74) is 0.867. The summed E-state index contributed by atoms with van der Waals surface area (Å²) in [6.45, 7) is 6.40. The summed E-state index contributed by atoms with van der Waals surface area (Å²) < 4.78 is 7.42.